The SMILES string of the molecule is CNC(C)(CCCSc1nc2ccccc2[nH]1)C(=O)O. The van der Waals surface area contributed by atoms with Gasteiger partial charge in [0, 0.05) is 5.75 Å². The van der Waals surface area contributed by atoms with Crippen LogP contribution in [0.1, 0.15) is 19.8 Å². The molecule has 5 nitrogen and oxygen atoms in total. The lowest BCUT2D eigenvalue weighted by molar-refractivity contribution is -0.144. The summed E-state index contributed by atoms with van der Waals surface area (Å²) >= 11 is 1.62. The molecule has 1 aromatic heterocycles. The fraction of sp³-hybridized carbons (Fsp3) is 0.429. The summed E-state index contributed by atoms with van der Waals surface area (Å²) in [5.41, 5.74) is 1.13. The third-order valence-corrected chi connectivity index (χ3v) is 4.41. The molecule has 3 N–H and O–H groups in total. The molecule has 1 aromatic carbocycles. The molecule has 0 radical (unpaired) electrons. The number of nitrogens with one attached hydrogen (secondary N) is 2. The second-order valence-electron chi connectivity index (χ2n) is 4.90. The van der Waals surface area contributed by atoms with Crippen LogP contribution in [-0.4, -0.2) is 39.4 Å². The maximum Gasteiger partial charge on any atom is 0.323 e. The number of benzene rings is 1. The Hall–Kier alpha value is -1.53. The lowest BCUT2D eigenvalue weighted by Gasteiger charge is -2.23. The number of aromatic amines is 1. The monoisotopic (exact) mass is 293 g/mol. The molecular formula is C14H19N3O2S. The van der Waals surface area contributed by atoms with Crippen molar-refractivity contribution >= 4 is 28.8 Å². The maximum atomic E-state index is 11.1. The molecule has 0 saturated carbocycles. The van der Waals surface area contributed by atoms with Crippen LogP contribution in [0, 0.1) is 0 Å². The number of nitrogens with zero attached hydrogens (tertiary/aromatic N) is 1. The molecule has 20 heavy (non-hydrogen) atoms. The number of aromatic nitrogens is 2. The number of likely N-dealkylation sites (N-methyl/N-ethyl adjacent to an activating group) is 1. The topological polar surface area (TPSA) is 78.0 Å². The highest BCUT2D eigenvalue weighted by atomic mass is 32.2. The molecule has 0 fully saturated rings. The Morgan fingerprint density at radius 2 is 2.25 bits per heavy atom. The van der Waals surface area contributed by atoms with E-state index in [9.17, 15) is 4.79 Å². The number of H-pyrrole nitrogens is 1. The number of hydrogen-bond donors (Lipinski definition) is 3. The molecule has 0 aliphatic rings. The van der Waals surface area contributed by atoms with E-state index in [4.69, 9.17) is 5.11 Å². The molecule has 1 heterocycles. The van der Waals surface area contributed by atoms with Crippen LogP contribution in [0.25, 0.3) is 11.0 Å². The zero-order chi connectivity index (χ0) is 14.6. The zero-order valence-electron chi connectivity index (χ0n) is 11.6. The molecule has 1 atom stereocenters. The summed E-state index contributed by atoms with van der Waals surface area (Å²) in [6, 6.07) is 7.90. The largest absolute Gasteiger partial charge is 0.480 e. The molecule has 6 heteroatoms. The first-order valence-corrected chi connectivity index (χ1v) is 7.53. The van der Waals surface area contributed by atoms with Gasteiger partial charge in [0.25, 0.3) is 0 Å². The van der Waals surface area contributed by atoms with Gasteiger partial charge in [-0.25, -0.2) is 4.98 Å². The lowest BCUT2D eigenvalue weighted by atomic mass is 9.97. The maximum absolute atomic E-state index is 11.1. The fourth-order valence-corrected chi connectivity index (χ4v) is 2.76. The smallest absolute Gasteiger partial charge is 0.323 e. The van der Waals surface area contributed by atoms with Gasteiger partial charge < -0.3 is 15.4 Å². The average Bonchev–Trinajstić information content (AvgIpc) is 2.85. The van der Waals surface area contributed by atoms with Gasteiger partial charge in [0.15, 0.2) is 5.16 Å². The van der Waals surface area contributed by atoms with Gasteiger partial charge in [-0.2, -0.15) is 0 Å². The number of para-hydroxylation sites is 2. The summed E-state index contributed by atoms with van der Waals surface area (Å²) in [6.07, 6.45) is 1.40. The summed E-state index contributed by atoms with van der Waals surface area (Å²) in [5, 5.41) is 12.9. The quantitative estimate of drug-likeness (QED) is 0.540. The van der Waals surface area contributed by atoms with E-state index in [0.29, 0.717) is 6.42 Å². The van der Waals surface area contributed by atoms with Gasteiger partial charge >= 0.3 is 5.97 Å². The van der Waals surface area contributed by atoms with Crippen molar-refractivity contribution in [2.45, 2.75) is 30.5 Å². The van der Waals surface area contributed by atoms with Crippen LogP contribution in [0.3, 0.4) is 0 Å². The summed E-state index contributed by atoms with van der Waals surface area (Å²) in [5.74, 6) is 0.0263. The third kappa shape index (κ3) is 3.32. The van der Waals surface area contributed by atoms with Gasteiger partial charge in [0.1, 0.15) is 5.54 Å². The van der Waals surface area contributed by atoms with E-state index in [2.05, 4.69) is 15.3 Å². The van der Waals surface area contributed by atoms with E-state index in [1.807, 2.05) is 24.3 Å². The molecule has 0 bridgehead atoms. The third-order valence-electron chi connectivity index (χ3n) is 3.45. The van der Waals surface area contributed by atoms with Crippen molar-refractivity contribution < 1.29 is 9.90 Å². The Balaban J connectivity index is 1.85. The Morgan fingerprint density at radius 1 is 1.50 bits per heavy atom. The molecule has 0 aliphatic carbocycles. The van der Waals surface area contributed by atoms with Crippen LogP contribution in [0.4, 0.5) is 0 Å². The molecule has 2 aromatic rings. The van der Waals surface area contributed by atoms with Crippen LogP contribution < -0.4 is 5.32 Å². The number of aliphatic carboxylic acids is 1. The van der Waals surface area contributed by atoms with E-state index < -0.39 is 11.5 Å². The number of fused-ring (bicyclic) bond motifs is 1. The van der Waals surface area contributed by atoms with Crippen molar-refractivity contribution in [3.05, 3.63) is 24.3 Å². The predicted octanol–water partition coefficient (Wildman–Crippen LogP) is 2.50. The number of rotatable bonds is 7. The second-order valence-corrected chi connectivity index (χ2v) is 5.98. The highest BCUT2D eigenvalue weighted by molar-refractivity contribution is 7.99. The van der Waals surface area contributed by atoms with E-state index in [-0.39, 0.29) is 0 Å². The summed E-state index contributed by atoms with van der Waals surface area (Å²) in [7, 11) is 1.68. The number of carbonyl (C=O) groups is 1. The minimum Gasteiger partial charge on any atom is -0.480 e. The minimum absolute atomic E-state index is 0.589. The van der Waals surface area contributed by atoms with Crippen LogP contribution in [-0.2, 0) is 4.79 Å². The number of hydrogen-bond acceptors (Lipinski definition) is 4. The molecule has 1 unspecified atom stereocenters. The number of carboxylic acid groups (broad SMARTS) is 1. The van der Waals surface area contributed by atoms with Gasteiger partial charge in [0.05, 0.1) is 11.0 Å². The van der Waals surface area contributed by atoms with E-state index in [1.54, 1.807) is 25.7 Å². The first-order valence-electron chi connectivity index (χ1n) is 6.55. The van der Waals surface area contributed by atoms with Gasteiger partial charge in [-0.1, -0.05) is 23.9 Å². The van der Waals surface area contributed by atoms with Crippen LogP contribution in [0.15, 0.2) is 29.4 Å². The molecule has 0 saturated heterocycles. The lowest BCUT2D eigenvalue weighted by Crippen LogP contribution is -2.47. The highest BCUT2D eigenvalue weighted by Gasteiger charge is 2.30. The Labute approximate surface area is 122 Å². The van der Waals surface area contributed by atoms with Crippen LogP contribution >= 0.6 is 11.8 Å². The number of imidazole rings is 1. The van der Waals surface area contributed by atoms with Crippen molar-refractivity contribution in [3.8, 4) is 0 Å². The molecule has 2 rings (SSSR count). The Kier molecular flexibility index (Phi) is 4.67. The van der Waals surface area contributed by atoms with Crippen molar-refractivity contribution in [2.75, 3.05) is 12.8 Å². The van der Waals surface area contributed by atoms with E-state index in [1.165, 1.54) is 0 Å². The zero-order valence-corrected chi connectivity index (χ0v) is 12.5. The first-order chi connectivity index (χ1) is 9.55. The van der Waals surface area contributed by atoms with Crippen LogP contribution in [0.5, 0.6) is 0 Å². The predicted molar refractivity (Wildman–Crippen MR) is 81.2 cm³/mol. The molecule has 0 aliphatic heterocycles. The standard InChI is InChI=1S/C14H19N3O2S/c1-14(15-2,12(18)19)8-5-9-20-13-16-10-6-3-4-7-11(10)17-13/h3-4,6-7,15H,5,8-9H2,1-2H3,(H,16,17)(H,18,19). The molecule has 108 valence electrons. The average molecular weight is 293 g/mol. The van der Waals surface area contributed by atoms with Crippen LogP contribution in [0.2, 0.25) is 0 Å². The number of carboxylic acids is 1. The van der Waals surface area contributed by atoms with Gasteiger partial charge in [-0.15, -0.1) is 0 Å². The molecule has 0 amide bonds. The van der Waals surface area contributed by atoms with Gasteiger partial charge in [0.2, 0.25) is 0 Å². The Morgan fingerprint density at radius 3 is 2.90 bits per heavy atom. The van der Waals surface area contributed by atoms with Crippen molar-refractivity contribution in [2.24, 2.45) is 0 Å². The van der Waals surface area contributed by atoms with Crippen molar-refractivity contribution in [1.82, 2.24) is 15.3 Å². The Bertz CT molecular complexity index is 566. The van der Waals surface area contributed by atoms with Crippen molar-refractivity contribution in [3.63, 3.8) is 0 Å². The molecule has 0 spiro atoms. The number of thioether (sulfide) groups is 1. The van der Waals surface area contributed by atoms with Gasteiger partial charge in [-0.05, 0) is 38.9 Å². The van der Waals surface area contributed by atoms with Crippen molar-refractivity contribution in [1.29, 1.82) is 0 Å². The summed E-state index contributed by atoms with van der Waals surface area (Å²) in [6.45, 7) is 1.71. The van der Waals surface area contributed by atoms with E-state index in [0.717, 1.165) is 28.4 Å². The minimum atomic E-state index is -0.853. The fourth-order valence-electron chi connectivity index (χ4n) is 1.93. The normalized spacial score (nSPS) is 14.3. The first kappa shape index (κ1) is 14.9. The highest BCUT2D eigenvalue weighted by Crippen LogP contribution is 2.22. The summed E-state index contributed by atoms with van der Waals surface area (Å²) < 4.78 is 0. The summed E-state index contributed by atoms with van der Waals surface area (Å²) in [4.78, 5) is 18.9. The second kappa shape index (κ2) is 6.28. The van der Waals surface area contributed by atoms with Gasteiger partial charge in [-0.3, -0.25) is 4.79 Å². The molecular weight excluding hydrogens is 274 g/mol. The van der Waals surface area contributed by atoms with E-state index >= 15 is 0 Å².